The minimum atomic E-state index is 0.0739. The Morgan fingerprint density at radius 2 is 2.24 bits per heavy atom. The predicted octanol–water partition coefficient (Wildman–Crippen LogP) is 2.30. The lowest BCUT2D eigenvalue weighted by atomic mass is 10.1. The summed E-state index contributed by atoms with van der Waals surface area (Å²) in [6, 6.07) is 5.59. The highest BCUT2D eigenvalue weighted by Gasteiger charge is 2.11. The molecule has 0 unspecified atom stereocenters. The third-order valence-corrected chi connectivity index (χ3v) is 3.38. The standard InChI is InChI=1S/C13H18O3S/c1-10-4-5-11(13(8-10)16-2)12(15)9-17-7-3-6-14/h4-5,8,14H,3,6-7,9H2,1-2H3. The molecular formula is C13H18O3S. The summed E-state index contributed by atoms with van der Waals surface area (Å²) in [5.41, 5.74) is 1.71. The van der Waals surface area contributed by atoms with Crippen LogP contribution in [0.2, 0.25) is 0 Å². The number of aliphatic hydroxyl groups excluding tert-OH is 1. The van der Waals surface area contributed by atoms with Crippen molar-refractivity contribution in [2.24, 2.45) is 0 Å². The van der Waals surface area contributed by atoms with Gasteiger partial charge in [0.2, 0.25) is 0 Å². The lowest BCUT2D eigenvalue weighted by molar-refractivity contribution is 0.101. The molecule has 0 aliphatic heterocycles. The lowest BCUT2D eigenvalue weighted by Crippen LogP contribution is -2.06. The van der Waals surface area contributed by atoms with E-state index in [4.69, 9.17) is 9.84 Å². The zero-order valence-electron chi connectivity index (χ0n) is 10.2. The Bertz CT molecular complexity index is 377. The number of rotatable bonds is 7. The molecule has 1 rings (SSSR count). The quantitative estimate of drug-likeness (QED) is 0.599. The Morgan fingerprint density at radius 3 is 2.88 bits per heavy atom. The average Bonchev–Trinajstić information content (AvgIpc) is 2.34. The molecule has 3 nitrogen and oxygen atoms in total. The fourth-order valence-electron chi connectivity index (χ4n) is 1.44. The molecule has 1 N–H and O–H groups in total. The second-order valence-electron chi connectivity index (χ2n) is 3.76. The van der Waals surface area contributed by atoms with Crippen LogP contribution < -0.4 is 4.74 Å². The molecule has 0 saturated heterocycles. The minimum absolute atomic E-state index is 0.0739. The van der Waals surface area contributed by atoms with Gasteiger partial charge in [-0.3, -0.25) is 4.79 Å². The second-order valence-corrected chi connectivity index (χ2v) is 4.86. The van der Waals surface area contributed by atoms with Crippen LogP contribution in [0.5, 0.6) is 5.75 Å². The highest BCUT2D eigenvalue weighted by molar-refractivity contribution is 7.99. The zero-order chi connectivity index (χ0) is 12.7. The smallest absolute Gasteiger partial charge is 0.176 e. The van der Waals surface area contributed by atoms with E-state index in [1.165, 1.54) is 11.8 Å². The number of ether oxygens (including phenoxy) is 1. The van der Waals surface area contributed by atoms with Gasteiger partial charge >= 0.3 is 0 Å². The number of hydrogen-bond donors (Lipinski definition) is 1. The molecule has 0 spiro atoms. The minimum Gasteiger partial charge on any atom is -0.496 e. The summed E-state index contributed by atoms with van der Waals surface area (Å²) in [4.78, 5) is 11.9. The largest absolute Gasteiger partial charge is 0.496 e. The zero-order valence-corrected chi connectivity index (χ0v) is 11.0. The van der Waals surface area contributed by atoms with Gasteiger partial charge in [-0.2, -0.15) is 11.8 Å². The summed E-state index contributed by atoms with van der Waals surface area (Å²) < 4.78 is 5.20. The van der Waals surface area contributed by atoms with Crippen LogP contribution in [0.4, 0.5) is 0 Å². The second kappa shape index (κ2) is 7.35. The molecule has 1 aromatic carbocycles. The van der Waals surface area contributed by atoms with Crippen molar-refractivity contribution in [1.29, 1.82) is 0 Å². The van der Waals surface area contributed by atoms with E-state index in [2.05, 4.69) is 0 Å². The topological polar surface area (TPSA) is 46.5 Å². The number of aryl methyl sites for hydroxylation is 1. The van der Waals surface area contributed by atoms with Crippen LogP contribution in [0.3, 0.4) is 0 Å². The molecule has 4 heteroatoms. The molecule has 0 fully saturated rings. The Balaban J connectivity index is 2.62. The summed E-state index contributed by atoms with van der Waals surface area (Å²) in [5.74, 6) is 1.94. The molecule has 0 amide bonds. The number of thioether (sulfide) groups is 1. The maximum atomic E-state index is 11.9. The van der Waals surface area contributed by atoms with E-state index in [1.807, 2.05) is 25.1 Å². The van der Waals surface area contributed by atoms with Gasteiger partial charge in [-0.15, -0.1) is 0 Å². The lowest BCUT2D eigenvalue weighted by Gasteiger charge is -2.08. The molecule has 17 heavy (non-hydrogen) atoms. The maximum absolute atomic E-state index is 11.9. The number of carbonyl (C=O) groups excluding carboxylic acids is 1. The number of hydrogen-bond acceptors (Lipinski definition) is 4. The van der Waals surface area contributed by atoms with Gasteiger partial charge in [0, 0.05) is 6.61 Å². The number of benzene rings is 1. The van der Waals surface area contributed by atoms with Crippen molar-refractivity contribution in [2.45, 2.75) is 13.3 Å². The molecule has 0 heterocycles. The number of methoxy groups -OCH3 is 1. The van der Waals surface area contributed by atoms with Gasteiger partial charge in [0.1, 0.15) is 5.75 Å². The first-order valence-electron chi connectivity index (χ1n) is 5.55. The Kier molecular flexibility index (Phi) is 6.08. The van der Waals surface area contributed by atoms with E-state index >= 15 is 0 Å². The molecule has 94 valence electrons. The number of aliphatic hydroxyl groups is 1. The van der Waals surface area contributed by atoms with Gasteiger partial charge in [-0.05, 0) is 36.8 Å². The van der Waals surface area contributed by atoms with Crippen LogP contribution in [0.25, 0.3) is 0 Å². The maximum Gasteiger partial charge on any atom is 0.176 e. The average molecular weight is 254 g/mol. The molecular weight excluding hydrogens is 236 g/mol. The van der Waals surface area contributed by atoms with Crippen molar-refractivity contribution in [2.75, 3.05) is 25.2 Å². The summed E-state index contributed by atoms with van der Waals surface area (Å²) in [6.07, 6.45) is 0.725. The monoisotopic (exact) mass is 254 g/mol. The van der Waals surface area contributed by atoms with Gasteiger partial charge in [-0.1, -0.05) is 6.07 Å². The third-order valence-electron chi connectivity index (χ3n) is 2.34. The van der Waals surface area contributed by atoms with Crippen LogP contribution in [0, 0.1) is 6.92 Å². The number of Topliss-reactive ketones (excluding diaryl/α,β-unsaturated/α-hetero) is 1. The van der Waals surface area contributed by atoms with Gasteiger partial charge in [-0.25, -0.2) is 0 Å². The van der Waals surface area contributed by atoms with Crippen LogP contribution in [-0.4, -0.2) is 36.1 Å². The van der Waals surface area contributed by atoms with Crippen molar-refractivity contribution in [1.82, 2.24) is 0 Å². The van der Waals surface area contributed by atoms with E-state index < -0.39 is 0 Å². The molecule has 0 aromatic heterocycles. The Hall–Kier alpha value is -1.00. The van der Waals surface area contributed by atoms with Crippen LogP contribution >= 0.6 is 11.8 Å². The Morgan fingerprint density at radius 1 is 1.47 bits per heavy atom. The highest BCUT2D eigenvalue weighted by Crippen LogP contribution is 2.21. The van der Waals surface area contributed by atoms with Crippen molar-refractivity contribution >= 4 is 17.5 Å². The molecule has 0 radical (unpaired) electrons. The van der Waals surface area contributed by atoms with Crippen LogP contribution in [-0.2, 0) is 0 Å². The Labute approximate surface area is 106 Å². The fraction of sp³-hybridized carbons (Fsp3) is 0.462. The van der Waals surface area contributed by atoms with Crippen molar-refractivity contribution in [3.05, 3.63) is 29.3 Å². The SMILES string of the molecule is COc1cc(C)ccc1C(=O)CSCCCO. The van der Waals surface area contributed by atoms with E-state index in [0.29, 0.717) is 17.1 Å². The number of ketones is 1. The van der Waals surface area contributed by atoms with Crippen molar-refractivity contribution in [3.8, 4) is 5.75 Å². The van der Waals surface area contributed by atoms with Gasteiger partial charge in [0.25, 0.3) is 0 Å². The van der Waals surface area contributed by atoms with Crippen LogP contribution in [0.15, 0.2) is 18.2 Å². The predicted molar refractivity (Wildman–Crippen MR) is 71.1 cm³/mol. The third kappa shape index (κ3) is 4.40. The summed E-state index contributed by atoms with van der Waals surface area (Å²) in [6.45, 7) is 2.14. The van der Waals surface area contributed by atoms with Gasteiger partial charge < -0.3 is 9.84 Å². The normalized spacial score (nSPS) is 10.3. The molecule has 0 aliphatic rings. The molecule has 0 saturated carbocycles. The summed E-state index contributed by atoms with van der Waals surface area (Å²) >= 11 is 1.54. The van der Waals surface area contributed by atoms with E-state index in [9.17, 15) is 4.79 Å². The van der Waals surface area contributed by atoms with Gasteiger partial charge in [0.15, 0.2) is 5.78 Å². The van der Waals surface area contributed by atoms with E-state index in [-0.39, 0.29) is 12.4 Å². The summed E-state index contributed by atoms with van der Waals surface area (Å²) in [5, 5.41) is 8.64. The van der Waals surface area contributed by atoms with Crippen molar-refractivity contribution in [3.63, 3.8) is 0 Å². The number of carbonyl (C=O) groups is 1. The first-order valence-corrected chi connectivity index (χ1v) is 6.71. The fourth-order valence-corrected chi connectivity index (χ4v) is 2.26. The summed E-state index contributed by atoms with van der Waals surface area (Å²) in [7, 11) is 1.57. The van der Waals surface area contributed by atoms with Crippen molar-refractivity contribution < 1.29 is 14.6 Å². The van der Waals surface area contributed by atoms with E-state index in [1.54, 1.807) is 7.11 Å². The molecule has 0 atom stereocenters. The van der Waals surface area contributed by atoms with E-state index in [0.717, 1.165) is 17.7 Å². The van der Waals surface area contributed by atoms with Gasteiger partial charge in [0.05, 0.1) is 18.4 Å². The van der Waals surface area contributed by atoms with Crippen LogP contribution in [0.1, 0.15) is 22.3 Å². The first-order chi connectivity index (χ1) is 8.19. The first kappa shape index (κ1) is 14.1. The molecule has 1 aromatic rings. The highest BCUT2D eigenvalue weighted by atomic mass is 32.2. The molecule has 0 aliphatic carbocycles. The molecule has 0 bridgehead atoms.